The van der Waals surface area contributed by atoms with Crippen LogP contribution in [-0.2, 0) is 16.4 Å². The number of rotatable bonds is 5. The lowest BCUT2D eigenvalue weighted by Gasteiger charge is -2.31. The van der Waals surface area contributed by atoms with Crippen molar-refractivity contribution in [2.24, 2.45) is 11.1 Å². The van der Waals surface area contributed by atoms with E-state index in [0.29, 0.717) is 32.0 Å². The molecule has 1 aliphatic rings. The zero-order valence-corrected chi connectivity index (χ0v) is 13.8. The third-order valence-corrected chi connectivity index (χ3v) is 5.03. The van der Waals surface area contributed by atoms with Crippen LogP contribution in [-0.4, -0.2) is 50.7 Å². The molecular formula is C15H23N3O4S. The Morgan fingerprint density at radius 3 is 2.39 bits per heavy atom. The van der Waals surface area contributed by atoms with Gasteiger partial charge in [-0.2, -0.15) is 0 Å². The highest BCUT2D eigenvalue weighted by Crippen LogP contribution is 2.16. The van der Waals surface area contributed by atoms with Crippen LogP contribution in [0.3, 0.4) is 0 Å². The van der Waals surface area contributed by atoms with Crippen LogP contribution in [0.2, 0.25) is 0 Å². The third kappa shape index (κ3) is 5.19. The SMILES string of the molecule is NS(=O)(=O)c1ccc(CCNC(=O)N2CCC(CO)CC2)cc1. The van der Waals surface area contributed by atoms with Gasteiger partial charge in [0.25, 0.3) is 0 Å². The molecule has 1 saturated heterocycles. The molecule has 0 radical (unpaired) electrons. The average molecular weight is 341 g/mol. The monoisotopic (exact) mass is 341 g/mol. The molecule has 0 bridgehead atoms. The molecule has 23 heavy (non-hydrogen) atoms. The Hall–Kier alpha value is -1.64. The lowest BCUT2D eigenvalue weighted by atomic mass is 9.98. The molecule has 0 atom stereocenters. The van der Waals surface area contributed by atoms with E-state index in [-0.39, 0.29) is 17.5 Å². The van der Waals surface area contributed by atoms with Crippen LogP contribution in [0.4, 0.5) is 4.79 Å². The van der Waals surface area contributed by atoms with Gasteiger partial charge in [0.1, 0.15) is 0 Å². The number of carbonyl (C=O) groups excluding carboxylic acids is 1. The molecule has 1 aliphatic heterocycles. The highest BCUT2D eigenvalue weighted by atomic mass is 32.2. The molecule has 1 fully saturated rings. The zero-order valence-electron chi connectivity index (χ0n) is 12.9. The topological polar surface area (TPSA) is 113 Å². The summed E-state index contributed by atoms with van der Waals surface area (Å²) in [4.78, 5) is 13.9. The first-order valence-corrected chi connectivity index (χ1v) is 9.20. The fraction of sp³-hybridized carbons (Fsp3) is 0.533. The van der Waals surface area contributed by atoms with Crippen LogP contribution < -0.4 is 10.5 Å². The first-order chi connectivity index (χ1) is 10.9. The van der Waals surface area contributed by atoms with Gasteiger partial charge >= 0.3 is 6.03 Å². The second-order valence-electron chi connectivity index (χ2n) is 5.78. The molecule has 1 aromatic rings. The number of nitrogens with zero attached hydrogens (tertiary/aromatic N) is 1. The van der Waals surface area contributed by atoms with E-state index in [0.717, 1.165) is 18.4 Å². The second-order valence-corrected chi connectivity index (χ2v) is 7.35. The number of likely N-dealkylation sites (tertiary alicyclic amines) is 1. The number of hydrogen-bond acceptors (Lipinski definition) is 4. The number of primary sulfonamides is 1. The summed E-state index contributed by atoms with van der Waals surface area (Å²) in [6.07, 6.45) is 2.28. The van der Waals surface area contributed by atoms with Crippen LogP contribution in [0.15, 0.2) is 29.2 Å². The van der Waals surface area contributed by atoms with Gasteiger partial charge < -0.3 is 15.3 Å². The molecule has 0 spiro atoms. The molecule has 128 valence electrons. The smallest absolute Gasteiger partial charge is 0.317 e. The predicted molar refractivity (Wildman–Crippen MR) is 86.3 cm³/mol. The number of amides is 2. The van der Waals surface area contributed by atoms with Crippen LogP contribution in [0.5, 0.6) is 0 Å². The number of piperidine rings is 1. The molecule has 0 aliphatic carbocycles. The fourth-order valence-corrected chi connectivity index (χ4v) is 3.11. The third-order valence-electron chi connectivity index (χ3n) is 4.10. The summed E-state index contributed by atoms with van der Waals surface area (Å²) < 4.78 is 22.3. The minimum absolute atomic E-state index is 0.0806. The molecule has 2 rings (SSSR count). The number of urea groups is 1. The first kappa shape index (κ1) is 17.7. The van der Waals surface area contributed by atoms with Crippen LogP contribution in [0.25, 0.3) is 0 Å². The predicted octanol–water partition coefficient (Wildman–Crippen LogP) is 0.290. The summed E-state index contributed by atoms with van der Waals surface area (Å²) >= 11 is 0. The van der Waals surface area contributed by atoms with Crippen molar-refractivity contribution in [2.75, 3.05) is 26.2 Å². The molecule has 8 heteroatoms. The molecule has 0 saturated carbocycles. The molecule has 1 aromatic carbocycles. The summed E-state index contributed by atoms with van der Waals surface area (Å²) in [5.74, 6) is 0.302. The maximum absolute atomic E-state index is 12.0. The number of nitrogens with one attached hydrogen (secondary N) is 1. The number of hydrogen-bond donors (Lipinski definition) is 3. The number of aliphatic hydroxyl groups excluding tert-OH is 1. The summed E-state index contributed by atoms with van der Waals surface area (Å²) in [6, 6.07) is 6.22. The molecule has 4 N–H and O–H groups in total. The number of aliphatic hydroxyl groups is 1. The van der Waals surface area contributed by atoms with Gasteiger partial charge in [0.05, 0.1) is 4.90 Å². The van der Waals surface area contributed by atoms with Gasteiger partial charge in [-0.05, 0) is 42.9 Å². The molecule has 0 unspecified atom stereocenters. The molecule has 1 heterocycles. The Bertz CT molecular complexity index is 623. The van der Waals surface area contributed by atoms with Crippen LogP contribution >= 0.6 is 0 Å². The maximum Gasteiger partial charge on any atom is 0.317 e. The summed E-state index contributed by atoms with van der Waals surface area (Å²) in [5, 5.41) is 17.0. The minimum Gasteiger partial charge on any atom is -0.396 e. The average Bonchev–Trinajstić information content (AvgIpc) is 2.54. The molecular weight excluding hydrogens is 318 g/mol. The Balaban J connectivity index is 1.75. The van der Waals surface area contributed by atoms with Gasteiger partial charge in [0.2, 0.25) is 10.0 Å². The van der Waals surface area contributed by atoms with Crippen molar-refractivity contribution >= 4 is 16.1 Å². The van der Waals surface area contributed by atoms with Crippen molar-refractivity contribution in [3.63, 3.8) is 0 Å². The van der Waals surface area contributed by atoms with Gasteiger partial charge in [-0.15, -0.1) is 0 Å². The normalized spacial score (nSPS) is 16.3. The lowest BCUT2D eigenvalue weighted by molar-refractivity contribution is 0.137. The van der Waals surface area contributed by atoms with Gasteiger partial charge in [0.15, 0.2) is 0 Å². The van der Waals surface area contributed by atoms with E-state index in [1.54, 1.807) is 17.0 Å². The van der Waals surface area contributed by atoms with Gasteiger partial charge in [-0.1, -0.05) is 12.1 Å². The highest BCUT2D eigenvalue weighted by Gasteiger charge is 2.21. The lowest BCUT2D eigenvalue weighted by Crippen LogP contribution is -2.45. The first-order valence-electron chi connectivity index (χ1n) is 7.65. The minimum atomic E-state index is -3.67. The summed E-state index contributed by atoms with van der Waals surface area (Å²) in [7, 11) is -3.67. The quantitative estimate of drug-likeness (QED) is 0.714. The van der Waals surface area contributed by atoms with Crippen molar-refractivity contribution in [2.45, 2.75) is 24.2 Å². The Morgan fingerprint density at radius 2 is 1.87 bits per heavy atom. The van der Waals surface area contributed by atoms with Gasteiger partial charge in [-0.25, -0.2) is 18.4 Å². The number of carbonyl (C=O) groups is 1. The fourth-order valence-electron chi connectivity index (χ4n) is 2.59. The second kappa shape index (κ2) is 7.76. The molecule has 7 nitrogen and oxygen atoms in total. The Morgan fingerprint density at radius 1 is 1.26 bits per heavy atom. The van der Waals surface area contributed by atoms with Crippen molar-refractivity contribution in [1.29, 1.82) is 0 Å². The van der Waals surface area contributed by atoms with E-state index in [1.165, 1.54) is 12.1 Å². The van der Waals surface area contributed by atoms with E-state index in [1.807, 2.05) is 0 Å². The number of sulfonamides is 1. The van der Waals surface area contributed by atoms with Crippen LogP contribution in [0.1, 0.15) is 18.4 Å². The van der Waals surface area contributed by atoms with E-state index < -0.39 is 10.0 Å². The number of nitrogens with two attached hydrogens (primary N) is 1. The van der Waals surface area contributed by atoms with Crippen molar-refractivity contribution < 1.29 is 18.3 Å². The highest BCUT2D eigenvalue weighted by molar-refractivity contribution is 7.89. The molecule has 2 amide bonds. The zero-order chi connectivity index (χ0) is 16.9. The van der Waals surface area contributed by atoms with Crippen molar-refractivity contribution in [1.82, 2.24) is 10.2 Å². The summed E-state index contributed by atoms with van der Waals surface area (Å²) in [6.45, 7) is 2.00. The van der Waals surface area contributed by atoms with E-state index in [9.17, 15) is 13.2 Å². The van der Waals surface area contributed by atoms with E-state index >= 15 is 0 Å². The maximum atomic E-state index is 12.0. The number of benzene rings is 1. The Labute approximate surface area is 136 Å². The largest absolute Gasteiger partial charge is 0.396 e. The van der Waals surface area contributed by atoms with E-state index in [4.69, 9.17) is 10.2 Å². The van der Waals surface area contributed by atoms with E-state index in [2.05, 4.69) is 5.32 Å². The summed E-state index contributed by atoms with van der Waals surface area (Å²) in [5.41, 5.74) is 0.927. The van der Waals surface area contributed by atoms with Crippen molar-refractivity contribution in [3.8, 4) is 0 Å². The van der Waals surface area contributed by atoms with Crippen LogP contribution in [0, 0.1) is 5.92 Å². The van der Waals surface area contributed by atoms with Gasteiger partial charge in [-0.3, -0.25) is 0 Å². The van der Waals surface area contributed by atoms with Gasteiger partial charge in [0, 0.05) is 26.2 Å². The standard InChI is InChI=1S/C15H23N3O4S/c16-23(21,22)14-3-1-12(2-4-14)5-8-17-15(20)18-9-6-13(11-19)7-10-18/h1-4,13,19H,5-11H2,(H,17,20)(H2,16,21,22). The Kier molecular flexibility index (Phi) is 5.97. The van der Waals surface area contributed by atoms with Crippen molar-refractivity contribution in [3.05, 3.63) is 29.8 Å². The molecule has 0 aromatic heterocycles.